The lowest BCUT2D eigenvalue weighted by Gasteiger charge is -2.27. The highest BCUT2D eigenvalue weighted by atomic mass is 32.1. The third-order valence-electron chi connectivity index (χ3n) is 4.74. The molecule has 0 amide bonds. The van der Waals surface area contributed by atoms with Crippen molar-refractivity contribution >= 4 is 11.3 Å². The summed E-state index contributed by atoms with van der Waals surface area (Å²) in [6, 6.07) is 12.7. The molecule has 0 radical (unpaired) electrons. The van der Waals surface area contributed by atoms with Crippen LogP contribution >= 0.6 is 11.3 Å². The minimum atomic E-state index is -0.000527. The van der Waals surface area contributed by atoms with Gasteiger partial charge in [0, 0.05) is 26.1 Å². The van der Waals surface area contributed by atoms with Gasteiger partial charge in [0.2, 0.25) is 0 Å². The largest absolute Gasteiger partial charge is 0.306 e. The molecule has 1 aliphatic heterocycles. The molecule has 0 fully saturated rings. The second-order valence-corrected chi connectivity index (χ2v) is 7.40. The van der Waals surface area contributed by atoms with E-state index in [0.29, 0.717) is 12.4 Å². The first kappa shape index (κ1) is 16.2. The minimum absolute atomic E-state index is 0.000527. The monoisotopic (exact) mass is 351 g/mol. The van der Waals surface area contributed by atoms with E-state index in [0.717, 1.165) is 42.1 Å². The number of aromatic nitrogens is 2. The van der Waals surface area contributed by atoms with Crippen LogP contribution in [0.2, 0.25) is 0 Å². The van der Waals surface area contributed by atoms with Crippen LogP contribution in [0.25, 0.3) is 10.7 Å². The fourth-order valence-electron chi connectivity index (χ4n) is 3.28. The number of nitrogens with one attached hydrogen (secondary N) is 1. The van der Waals surface area contributed by atoms with E-state index in [1.54, 1.807) is 11.3 Å². The van der Waals surface area contributed by atoms with E-state index in [2.05, 4.69) is 41.1 Å². The molecule has 4 rings (SSSR count). The van der Waals surface area contributed by atoms with Gasteiger partial charge in [-0.3, -0.25) is 9.69 Å². The molecule has 2 aromatic heterocycles. The quantitative estimate of drug-likeness (QED) is 0.781. The molecule has 0 aliphatic carbocycles. The highest BCUT2D eigenvalue weighted by molar-refractivity contribution is 7.13. The number of thiophene rings is 1. The van der Waals surface area contributed by atoms with Crippen LogP contribution < -0.4 is 5.56 Å². The second kappa shape index (κ2) is 6.94. The summed E-state index contributed by atoms with van der Waals surface area (Å²) in [4.78, 5) is 23.5. The Morgan fingerprint density at radius 3 is 2.72 bits per heavy atom. The molecule has 0 bridgehead atoms. The molecule has 0 saturated heterocycles. The first-order valence-corrected chi connectivity index (χ1v) is 9.57. The van der Waals surface area contributed by atoms with Gasteiger partial charge in [0.25, 0.3) is 5.56 Å². The molecule has 1 aromatic carbocycles. The van der Waals surface area contributed by atoms with Gasteiger partial charge in [-0.05, 0) is 29.0 Å². The van der Waals surface area contributed by atoms with Gasteiger partial charge in [-0.2, -0.15) is 0 Å². The number of aryl methyl sites for hydroxylation is 1. The van der Waals surface area contributed by atoms with Gasteiger partial charge in [-0.15, -0.1) is 11.3 Å². The second-order valence-electron chi connectivity index (χ2n) is 6.45. The van der Waals surface area contributed by atoms with Crippen molar-refractivity contribution in [2.24, 2.45) is 0 Å². The number of benzene rings is 1. The predicted molar refractivity (Wildman–Crippen MR) is 102 cm³/mol. The molecule has 3 aromatic rings. The van der Waals surface area contributed by atoms with Crippen LogP contribution in [0.3, 0.4) is 0 Å². The Hall–Kier alpha value is -2.24. The minimum Gasteiger partial charge on any atom is -0.306 e. The van der Waals surface area contributed by atoms with Crippen LogP contribution in [0.5, 0.6) is 0 Å². The lowest BCUT2D eigenvalue weighted by Crippen LogP contribution is -2.35. The SMILES string of the molecule is CCc1ccc(CN2CCc3nc(-c4cccs4)[nH]c(=O)c3C2)cc1. The van der Waals surface area contributed by atoms with E-state index in [1.165, 1.54) is 11.1 Å². The summed E-state index contributed by atoms with van der Waals surface area (Å²) in [6.07, 6.45) is 1.88. The summed E-state index contributed by atoms with van der Waals surface area (Å²) < 4.78 is 0. The first-order chi connectivity index (χ1) is 12.2. The topological polar surface area (TPSA) is 49.0 Å². The van der Waals surface area contributed by atoms with Crippen molar-refractivity contribution in [1.82, 2.24) is 14.9 Å². The molecule has 0 unspecified atom stereocenters. The zero-order chi connectivity index (χ0) is 17.2. The van der Waals surface area contributed by atoms with Gasteiger partial charge in [0.1, 0.15) is 0 Å². The summed E-state index contributed by atoms with van der Waals surface area (Å²) in [7, 11) is 0. The summed E-state index contributed by atoms with van der Waals surface area (Å²) in [6.45, 7) is 4.64. The fraction of sp³-hybridized carbons (Fsp3) is 0.300. The van der Waals surface area contributed by atoms with Crippen LogP contribution in [0, 0.1) is 0 Å². The Bertz CT molecular complexity index is 913. The number of hydrogen-bond acceptors (Lipinski definition) is 4. The number of hydrogen-bond donors (Lipinski definition) is 1. The Labute approximate surface area is 151 Å². The van der Waals surface area contributed by atoms with Crippen LogP contribution in [-0.2, 0) is 25.9 Å². The van der Waals surface area contributed by atoms with E-state index in [-0.39, 0.29) is 5.56 Å². The molecule has 1 N–H and O–H groups in total. The molecule has 0 saturated carbocycles. The molecule has 25 heavy (non-hydrogen) atoms. The molecule has 128 valence electrons. The first-order valence-electron chi connectivity index (χ1n) is 8.69. The van der Waals surface area contributed by atoms with Crippen LogP contribution in [0.4, 0.5) is 0 Å². The molecule has 1 aliphatic rings. The van der Waals surface area contributed by atoms with Gasteiger partial charge in [0.15, 0.2) is 5.82 Å². The molecule has 3 heterocycles. The van der Waals surface area contributed by atoms with E-state index in [1.807, 2.05) is 17.5 Å². The summed E-state index contributed by atoms with van der Waals surface area (Å²) >= 11 is 1.60. The standard InChI is InChI=1S/C20H21N3OS/c1-2-14-5-7-15(8-6-14)12-23-10-9-17-16(13-23)20(24)22-19(21-17)18-4-3-11-25-18/h3-8,11H,2,9-10,12-13H2,1H3,(H,21,22,24). The highest BCUT2D eigenvalue weighted by Crippen LogP contribution is 2.23. The van der Waals surface area contributed by atoms with E-state index < -0.39 is 0 Å². The Morgan fingerprint density at radius 1 is 1.20 bits per heavy atom. The van der Waals surface area contributed by atoms with Crippen molar-refractivity contribution in [3.8, 4) is 10.7 Å². The van der Waals surface area contributed by atoms with E-state index >= 15 is 0 Å². The Morgan fingerprint density at radius 2 is 2.00 bits per heavy atom. The zero-order valence-corrected chi connectivity index (χ0v) is 15.1. The fourth-order valence-corrected chi connectivity index (χ4v) is 3.95. The van der Waals surface area contributed by atoms with Crippen molar-refractivity contribution < 1.29 is 0 Å². The van der Waals surface area contributed by atoms with Crippen molar-refractivity contribution in [1.29, 1.82) is 0 Å². The molecular formula is C20H21N3OS. The summed E-state index contributed by atoms with van der Waals surface area (Å²) in [5, 5.41) is 2.00. The van der Waals surface area contributed by atoms with Crippen molar-refractivity contribution in [2.75, 3.05) is 6.54 Å². The number of H-pyrrole nitrogens is 1. The molecule has 0 atom stereocenters. The van der Waals surface area contributed by atoms with Gasteiger partial charge in [0.05, 0.1) is 16.1 Å². The van der Waals surface area contributed by atoms with Crippen molar-refractivity contribution in [2.45, 2.75) is 32.9 Å². The zero-order valence-electron chi connectivity index (χ0n) is 14.3. The van der Waals surface area contributed by atoms with E-state index in [4.69, 9.17) is 4.98 Å². The van der Waals surface area contributed by atoms with Gasteiger partial charge >= 0.3 is 0 Å². The maximum Gasteiger partial charge on any atom is 0.255 e. The third-order valence-corrected chi connectivity index (χ3v) is 5.62. The average molecular weight is 351 g/mol. The number of fused-ring (bicyclic) bond motifs is 1. The lowest BCUT2D eigenvalue weighted by atomic mass is 10.0. The predicted octanol–water partition coefficient (Wildman–Crippen LogP) is 3.62. The number of rotatable bonds is 4. The van der Waals surface area contributed by atoms with Crippen LogP contribution in [0.1, 0.15) is 29.3 Å². The molecule has 0 spiro atoms. The maximum absolute atomic E-state index is 12.5. The summed E-state index contributed by atoms with van der Waals surface area (Å²) in [5.74, 6) is 0.697. The summed E-state index contributed by atoms with van der Waals surface area (Å²) in [5.41, 5.74) is 4.41. The van der Waals surface area contributed by atoms with E-state index in [9.17, 15) is 4.79 Å². The third kappa shape index (κ3) is 3.43. The maximum atomic E-state index is 12.5. The molecule has 4 nitrogen and oxygen atoms in total. The smallest absolute Gasteiger partial charge is 0.255 e. The normalized spacial score (nSPS) is 14.4. The lowest BCUT2D eigenvalue weighted by molar-refractivity contribution is 0.242. The van der Waals surface area contributed by atoms with Crippen LogP contribution in [-0.4, -0.2) is 21.4 Å². The van der Waals surface area contributed by atoms with Gasteiger partial charge in [-0.25, -0.2) is 4.98 Å². The number of nitrogens with zero attached hydrogens (tertiary/aromatic N) is 2. The highest BCUT2D eigenvalue weighted by Gasteiger charge is 2.21. The van der Waals surface area contributed by atoms with Gasteiger partial charge < -0.3 is 4.98 Å². The Balaban J connectivity index is 1.54. The van der Waals surface area contributed by atoms with Crippen molar-refractivity contribution in [3.63, 3.8) is 0 Å². The molecular weight excluding hydrogens is 330 g/mol. The van der Waals surface area contributed by atoms with Crippen molar-refractivity contribution in [3.05, 3.63) is 74.5 Å². The van der Waals surface area contributed by atoms with Crippen LogP contribution in [0.15, 0.2) is 46.6 Å². The number of aromatic amines is 1. The average Bonchev–Trinajstić information content (AvgIpc) is 3.17. The Kier molecular flexibility index (Phi) is 4.51. The molecule has 5 heteroatoms. The van der Waals surface area contributed by atoms with Gasteiger partial charge in [-0.1, -0.05) is 37.3 Å².